The zero-order valence-corrected chi connectivity index (χ0v) is 10.8. The van der Waals surface area contributed by atoms with E-state index in [2.05, 4.69) is 0 Å². The molecule has 4 nitrogen and oxygen atoms in total. The molecule has 1 aliphatic rings. The molecule has 1 saturated heterocycles. The summed E-state index contributed by atoms with van der Waals surface area (Å²) in [4.78, 5) is 14.0. The highest BCUT2D eigenvalue weighted by Crippen LogP contribution is 2.20. The third kappa shape index (κ3) is 2.79. The number of hydrogen-bond acceptors (Lipinski definition) is 3. The molecule has 0 spiro atoms. The molecule has 1 unspecified atom stereocenters. The minimum Gasteiger partial charge on any atom is -0.423 e. The highest BCUT2D eigenvalue weighted by atomic mass is 19.1. The Bertz CT molecular complexity index is 481. The fraction of sp³-hybridized carbons (Fsp3) is 0.462. The maximum Gasteiger partial charge on any atom is 0.491 e. The molecule has 1 fully saturated rings. The van der Waals surface area contributed by atoms with Gasteiger partial charge in [-0.15, -0.1) is 0 Å². The molecule has 19 heavy (non-hydrogen) atoms. The largest absolute Gasteiger partial charge is 0.491 e. The second kappa shape index (κ2) is 5.71. The van der Waals surface area contributed by atoms with E-state index in [0.717, 1.165) is 19.3 Å². The Morgan fingerprint density at radius 3 is 2.79 bits per heavy atom. The fourth-order valence-corrected chi connectivity index (χ4v) is 2.47. The summed E-state index contributed by atoms with van der Waals surface area (Å²) in [5, 5.41) is 18.1. The lowest BCUT2D eigenvalue weighted by molar-refractivity contribution is 0.0631. The van der Waals surface area contributed by atoms with Gasteiger partial charge >= 0.3 is 7.12 Å². The Morgan fingerprint density at radius 2 is 2.16 bits per heavy atom. The molecule has 2 rings (SSSR count). The number of carbonyl (C=O) groups excluding carboxylic acids is 1. The third-order valence-corrected chi connectivity index (χ3v) is 3.60. The summed E-state index contributed by atoms with van der Waals surface area (Å²) in [5.41, 5.74) is -0.366. The predicted molar refractivity (Wildman–Crippen MR) is 70.6 cm³/mol. The minimum atomic E-state index is -1.91. The highest BCUT2D eigenvalue weighted by molar-refractivity contribution is 6.58. The Hall–Kier alpha value is -1.40. The Balaban J connectivity index is 2.31. The predicted octanol–water partition coefficient (Wildman–Crippen LogP) is 0.520. The summed E-state index contributed by atoms with van der Waals surface area (Å²) in [6.45, 7) is 2.56. The summed E-state index contributed by atoms with van der Waals surface area (Å²) in [5.74, 6) is -1.23. The molecule has 1 amide bonds. The van der Waals surface area contributed by atoms with Crippen LogP contribution < -0.4 is 5.46 Å². The molecule has 1 atom stereocenters. The van der Waals surface area contributed by atoms with Crippen LogP contribution in [0.25, 0.3) is 0 Å². The number of amides is 1. The monoisotopic (exact) mass is 265 g/mol. The van der Waals surface area contributed by atoms with Crippen molar-refractivity contribution < 1.29 is 19.2 Å². The molecule has 0 aromatic heterocycles. The molecule has 0 bridgehead atoms. The van der Waals surface area contributed by atoms with Crippen LogP contribution in [0.3, 0.4) is 0 Å². The molecule has 1 aromatic rings. The van der Waals surface area contributed by atoms with Gasteiger partial charge < -0.3 is 14.9 Å². The highest BCUT2D eigenvalue weighted by Gasteiger charge is 2.28. The van der Waals surface area contributed by atoms with Gasteiger partial charge in [0.05, 0.1) is 5.56 Å². The van der Waals surface area contributed by atoms with Gasteiger partial charge in [0.2, 0.25) is 0 Å². The fourth-order valence-electron chi connectivity index (χ4n) is 2.47. The second-order valence-electron chi connectivity index (χ2n) is 4.93. The molecule has 0 saturated carbocycles. The zero-order valence-electron chi connectivity index (χ0n) is 10.8. The van der Waals surface area contributed by atoms with Crippen molar-refractivity contribution in [1.82, 2.24) is 4.90 Å². The Labute approximate surface area is 112 Å². The Kier molecular flexibility index (Phi) is 4.22. The number of hydrogen-bond donors (Lipinski definition) is 2. The van der Waals surface area contributed by atoms with E-state index in [1.54, 1.807) is 4.90 Å². The number of piperidine rings is 1. The first-order valence-electron chi connectivity index (χ1n) is 6.48. The van der Waals surface area contributed by atoms with E-state index in [-0.39, 0.29) is 23.0 Å². The van der Waals surface area contributed by atoms with E-state index < -0.39 is 12.9 Å². The number of likely N-dealkylation sites (tertiary alicyclic amines) is 1. The molecule has 1 aliphatic heterocycles. The molecule has 6 heteroatoms. The van der Waals surface area contributed by atoms with E-state index in [0.29, 0.717) is 6.54 Å². The summed E-state index contributed by atoms with van der Waals surface area (Å²) >= 11 is 0. The van der Waals surface area contributed by atoms with E-state index in [4.69, 9.17) is 10.0 Å². The SMILES string of the molecule is CC1CCCCN1C(=O)c1cccc(B(O)O)c1F. The minimum absolute atomic E-state index is 0.0864. The molecular formula is C13H17BFNO3. The van der Waals surface area contributed by atoms with Crippen LogP contribution in [0.1, 0.15) is 36.5 Å². The quantitative estimate of drug-likeness (QED) is 0.766. The normalized spacial score (nSPS) is 19.4. The number of rotatable bonds is 2. The maximum absolute atomic E-state index is 14.1. The van der Waals surface area contributed by atoms with E-state index in [1.807, 2.05) is 6.92 Å². The first kappa shape index (κ1) is 14.0. The van der Waals surface area contributed by atoms with Crippen LogP contribution >= 0.6 is 0 Å². The van der Waals surface area contributed by atoms with Gasteiger partial charge in [0.15, 0.2) is 0 Å². The zero-order chi connectivity index (χ0) is 14.0. The van der Waals surface area contributed by atoms with Crippen molar-refractivity contribution in [3.8, 4) is 0 Å². The van der Waals surface area contributed by atoms with Crippen molar-refractivity contribution in [2.45, 2.75) is 32.2 Å². The molecule has 102 valence electrons. The van der Waals surface area contributed by atoms with Crippen LogP contribution in [-0.4, -0.2) is 40.6 Å². The number of benzene rings is 1. The lowest BCUT2D eigenvalue weighted by atomic mass is 9.79. The number of carbonyl (C=O) groups is 1. The molecule has 0 radical (unpaired) electrons. The summed E-state index contributed by atoms with van der Waals surface area (Å²) in [6.07, 6.45) is 2.90. The van der Waals surface area contributed by atoms with Crippen molar-refractivity contribution in [3.05, 3.63) is 29.6 Å². The van der Waals surface area contributed by atoms with E-state index in [1.165, 1.54) is 18.2 Å². The second-order valence-corrected chi connectivity index (χ2v) is 4.93. The molecular weight excluding hydrogens is 248 g/mol. The van der Waals surface area contributed by atoms with Gasteiger partial charge in [-0.2, -0.15) is 0 Å². The van der Waals surface area contributed by atoms with E-state index >= 15 is 0 Å². The molecule has 2 N–H and O–H groups in total. The van der Waals surface area contributed by atoms with Gasteiger partial charge in [-0.3, -0.25) is 4.79 Å². The van der Waals surface area contributed by atoms with Crippen LogP contribution in [0.4, 0.5) is 4.39 Å². The lowest BCUT2D eigenvalue weighted by Gasteiger charge is -2.33. The molecule has 0 aliphatic carbocycles. The maximum atomic E-state index is 14.1. The first-order chi connectivity index (χ1) is 9.02. The summed E-state index contributed by atoms with van der Waals surface area (Å²) in [6, 6.07) is 4.18. The van der Waals surface area contributed by atoms with Crippen LogP contribution in [-0.2, 0) is 0 Å². The Morgan fingerprint density at radius 1 is 1.42 bits per heavy atom. The lowest BCUT2D eigenvalue weighted by Crippen LogP contribution is -2.43. The van der Waals surface area contributed by atoms with Crippen molar-refractivity contribution in [2.75, 3.05) is 6.54 Å². The standard InChI is InChI=1S/C13H17BFNO3/c1-9-5-2-3-8-16(9)13(17)10-6-4-7-11(12(10)15)14(18)19/h4,6-7,9,18-19H,2-3,5,8H2,1H3. The topological polar surface area (TPSA) is 60.8 Å². The average Bonchev–Trinajstić information content (AvgIpc) is 2.38. The molecule has 1 aromatic carbocycles. The third-order valence-electron chi connectivity index (χ3n) is 3.60. The van der Waals surface area contributed by atoms with E-state index in [9.17, 15) is 9.18 Å². The summed E-state index contributed by atoms with van der Waals surface area (Å²) < 4.78 is 14.1. The number of halogens is 1. The van der Waals surface area contributed by atoms with Crippen molar-refractivity contribution in [1.29, 1.82) is 0 Å². The van der Waals surface area contributed by atoms with Crippen LogP contribution in [0.15, 0.2) is 18.2 Å². The van der Waals surface area contributed by atoms with Crippen molar-refractivity contribution >= 4 is 18.5 Å². The molecule has 1 heterocycles. The van der Waals surface area contributed by atoms with Crippen LogP contribution in [0, 0.1) is 5.82 Å². The smallest absolute Gasteiger partial charge is 0.423 e. The van der Waals surface area contributed by atoms with Gasteiger partial charge in [-0.25, -0.2) is 4.39 Å². The van der Waals surface area contributed by atoms with Gasteiger partial charge in [-0.1, -0.05) is 12.1 Å². The van der Waals surface area contributed by atoms with Crippen molar-refractivity contribution in [3.63, 3.8) is 0 Å². The number of nitrogens with zero attached hydrogens (tertiary/aromatic N) is 1. The summed E-state index contributed by atoms with van der Waals surface area (Å²) in [7, 11) is -1.91. The average molecular weight is 265 g/mol. The van der Waals surface area contributed by atoms with Gasteiger partial charge in [0.1, 0.15) is 5.82 Å². The van der Waals surface area contributed by atoms with Crippen LogP contribution in [0.2, 0.25) is 0 Å². The van der Waals surface area contributed by atoms with Crippen molar-refractivity contribution in [2.24, 2.45) is 0 Å². The van der Waals surface area contributed by atoms with Gasteiger partial charge in [0.25, 0.3) is 5.91 Å². The van der Waals surface area contributed by atoms with Gasteiger partial charge in [0, 0.05) is 18.0 Å². The van der Waals surface area contributed by atoms with Gasteiger partial charge in [-0.05, 0) is 32.3 Å². The first-order valence-corrected chi connectivity index (χ1v) is 6.48. The van der Waals surface area contributed by atoms with Crippen LogP contribution in [0.5, 0.6) is 0 Å².